The molecule has 0 saturated carbocycles. The highest BCUT2D eigenvalue weighted by Gasteiger charge is 2.20. The van der Waals surface area contributed by atoms with E-state index in [1.54, 1.807) is 11.3 Å². The lowest BCUT2D eigenvalue weighted by Crippen LogP contribution is -2.29. The van der Waals surface area contributed by atoms with E-state index in [-0.39, 0.29) is 0 Å². The predicted octanol–water partition coefficient (Wildman–Crippen LogP) is 3.44. The first-order valence-corrected chi connectivity index (χ1v) is 7.50. The molecule has 1 aromatic heterocycles. The zero-order valence-corrected chi connectivity index (χ0v) is 11.7. The van der Waals surface area contributed by atoms with E-state index in [4.69, 9.17) is 11.6 Å². The molecule has 0 atom stereocenters. The normalized spacial score (nSPS) is 15.6. The second kappa shape index (κ2) is 5.39. The highest BCUT2D eigenvalue weighted by Crippen LogP contribution is 2.26. The summed E-state index contributed by atoms with van der Waals surface area (Å²) in [6, 6.07) is 10.6. The first-order chi connectivity index (χ1) is 8.85. The maximum Gasteiger partial charge on any atom is 0.108 e. The highest BCUT2D eigenvalue weighted by atomic mass is 35.5. The van der Waals surface area contributed by atoms with E-state index in [0.717, 1.165) is 31.1 Å². The van der Waals surface area contributed by atoms with Crippen molar-refractivity contribution in [2.75, 3.05) is 6.54 Å². The Balaban J connectivity index is 1.71. The van der Waals surface area contributed by atoms with Crippen LogP contribution in [0, 0.1) is 0 Å². The number of thiazole rings is 1. The molecule has 2 nitrogen and oxygen atoms in total. The summed E-state index contributed by atoms with van der Waals surface area (Å²) >= 11 is 7.61. The maximum absolute atomic E-state index is 5.85. The fourth-order valence-electron chi connectivity index (χ4n) is 2.34. The monoisotopic (exact) mass is 278 g/mol. The zero-order valence-electron chi connectivity index (χ0n) is 10.1. The van der Waals surface area contributed by atoms with Gasteiger partial charge in [-0.2, -0.15) is 0 Å². The molecule has 0 unspecified atom stereocenters. The van der Waals surface area contributed by atoms with Crippen LogP contribution in [-0.2, 0) is 25.4 Å². The van der Waals surface area contributed by atoms with Crippen molar-refractivity contribution in [3.05, 3.63) is 51.5 Å². The van der Waals surface area contributed by atoms with Crippen LogP contribution in [0.15, 0.2) is 30.3 Å². The van der Waals surface area contributed by atoms with Crippen molar-refractivity contribution in [1.29, 1.82) is 0 Å². The van der Waals surface area contributed by atoms with Crippen LogP contribution in [0.25, 0.3) is 0 Å². The minimum absolute atomic E-state index is 0.538. The molecule has 0 aliphatic carbocycles. The van der Waals surface area contributed by atoms with Crippen LogP contribution in [0.1, 0.15) is 21.1 Å². The van der Waals surface area contributed by atoms with Crippen molar-refractivity contribution in [3.8, 4) is 0 Å². The molecule has 0 N–H and O–H groups in total. The molecule has 1 aromatic carbocycles. The number of aromatic nitrogens is 1. The van der Waals surface area contributed by atoms with Gasteiger partial charge in [0.05, 0.1) is 11.6 Å². The Bertz CT molecular complexity index is 524. The van der Waals surface area contributed by atoms with Crippen molar-refractivity contribution in [3.63, 3.8) is 0 Å². The van der Waals surface area contributed by atoms with Crippen molar-refractivity contribution in [1.82, 2.24) is 9.88 Å². The number of halogens is 1. The Morgan fingerprint density at radius 1 is 1.28 bits per heavy atom. The van der Waals surface area contributed by atoms with E-state index in [1.165, 1.54) is 16.1 Å². The molecule has 1 aliphatic rings. The van der Waals surface area contributed by atoms with Gasteiger partial charge in [-0.3, -0.25) is 4.90 Å². The molecule has 4 heteroatoms. The number of alkyl halides is 1. The van der Waals surface area contributed by atoms with Gasteiger partial charge in [0.15, 0.2) is 0 Å². The second-order valence-corrected chi connectivity index (χ2v) is 5.99. The van der Waals surface area contributed by atoms with Gasteiger partial charge >= 0.3 is 0 Å². The Hall–Kier alpha value is -0.900. The van der Waals surface area contributed by atoms with E-state index in [2.05, 4.69) is 40.2 Å². The third-order valence-electron chi connectivity index (χ3n) is 3.22. The minimum Gasteiger partial charge on any atom is -0.294 e. The third kappa shape index (κ3) is 2.58. The lowest BCUT2D eigenvalue weighted by atomic mass is 10.1. The molecule has 18 heavy (non-hydrogen) atoms. The van der Waals surface area contributed by atoms with Gasteiger partial charge in [-0.05, 0) is 5.56 Å². The average Bonchev–Trinajstić information content (AvgIpc) is 2.82. The van der Waals surface area contributed by atoms with Crippen molar-refractivity contribution in [2.45, 2.75) is 25.4 Å². The van der Waals surface area contributed by atoms with Crippen LogP contribution in [0.5, 0.6) is 0 Å². The largest absolute Gasteiger partial charge is 0.294 e. The molecule has 1 aliphatic heterocycles. The molecule has 2 heterocycles. The Morgan fingerprint density at radius 2 is 2.11 bits per heavy atom. The zero-order chi connectivity index (χ0) is 12.4. The molecule has 2 aromatic rings. The Labute approximate surface area is 116 Å². The van der Waals surface area contributed by atoms with Crippen LogP contribution in [0.3, 0.4) is 0 Å². The van der Waals surface area contributed by atoms with Crippen molar-refractivity contribution < 1.29 is 0 Å². The van der Waals surface area contributed by atoms with Crippen LogP contribution in [0.2, 0.25) is 0 Å². The third-order valence-corrected chi connectivity index (χ3v) is 4.71. The fraction of sp³-hybridized carbons (Fsp3) is 0.357. The first-order valence-electron chi connectivity index (χ1n) is 6.15. The standard InChI is InChI=1S/C14H15ClN2S/c15-8-14-16-12-6-7-17(10-13(12)18-14)9-11-4-2-1-3-5-11/h1-5H,6-10H2. The Morgan fingerprint density at radius 3 is 2.89 bits per heavy atom. The minimum atomic E-state index is 0.538. The summed E-state index contributed by atoms with van der Waals surface area (Å²) in [7, 11) is 0. The van der Waals surface area contributed by atoms with Crippen LogP contribution < -0.4 is 0 Å². The van der Waals surface area contributed by atoms with Gasteiger partial charge in [0.2, 0.25) is 0 Å². The number of rotatable bonds is 3. The highest BCUT2D eigenvalue weighted by molar-refractivity contribution is 7.11. The summed E-state index contributed by atoms with van der Waals surface area (Å²) in [6.45, 7) is 3.13. The second-order valence-electron chi connectivity index (χ2n) is 4.56. The van der Waals surface area contributed by atoms with Gasteiger partial charge in [0, 0.05) is 30.9 Å². The molecular weight excluding hydrogens is 264 g/mol. The summed E-state index contributed by atoms with van der Waals surface area (Å²) in [5, 5.41) is 1.06. The quantitative estimate of drug-likeness (QED) is 0.800. The molecule has 0 bridgehead atoms. The summed E-state index contributed by atoms with van der Waals surface area (Å²) in [6.07, 6.45) is 1.05. The topological polar surface area (TPSA) is 16.1 Å². The van der Waals surface area contributed by atoms with E-state index < -0.39 is 0 Å². The SMILES string of the molecule is ClCc1nc2c(s1)CN(Cc1ccccc1)CC2. The number of nitrogens with zero attached hydrogens (tertiary/aromatic N) is 2. The van der Waals surface area contributed by atoms with Gasteiger partial charge in [0.25, 0.3) is 0 Å². The molecule has 0 amide bonds. The molecule has 3 rings (SSSR count). The Kier molecular flexibility index (Phi) is 3.64. The summed E-state index contributed by atoms with van der Waals surface area (Å²) in [4.78, 5) is 8.45. The summed E-state index contributed by atoms with van der Waals surface area (Å²) in [5.74, 6) is 0.538. The predicted molar refractivity (Wildman–Crippen MR) is 75.9 cm³/mol. The smallest absolute Gasteiger partial charge is 0.108 e. The molecular formula is C14H15ClN2S. The van der Waals surface area contributed by atoms with E-state index in [9.17, 15) is 0 Å². The molecule has 0 fully saturated rings. The van der Waals surface area contributed by atoms with Crippen LogP contribution >= 0.6 is 22.9 Å². The molecule has 0 spiro atoms. The lowest BCUT2D eigenvalue weighted by Gasteiger charge is -2.25. The molecule has 0 radical (unpaired) electrons. The van der Waals surface area contributed by atoms with Crippen LogP contribution in [-0.4, -0.2) is 16.4 Å². The molecule has 0 saturated heterocycles. The maximum atomic E-state index is 5.85. The number of benzene rings is 1. The van der Waals surface area contributed by atoms with Gasteiger partial charge in [-0.1, -0.05) is 30.3 Å². The van der Waals surface area contributed by atoms with E-state index in [1.807, 2.05) is 0 Å². The molecule has 94 valence electrons. The van der Waals surface area contributed by atoms with Crippen molar-refractivity contribution >= 4 is 22.9 Å². The fourth-order valence-corrected chi connectivity index (χ4v) is 3.57. The number of fused-ring (bicyclic) bond motifs is 1. The van der Waals surface area contributed by atoms with E-state index in [0.29, 0.717) is 5.88 Å². The number of hydrogen-bond donors (Lipinski definition) is 0. The van der Waals surface area contributed by atoms with Gasteiger partial charge < -0.3 is 0 Å². The van der Waals surface area contributed by atoms with Gasteiger partial charge in [-0.25, -0.2) is 4.98 Å². The summed E-state index contributed by atoms with van der Waals surface area (Å²) in [5.41, 5.74) is 2.64. The lowest BCUT2D eigenvalue weighted by molar-refractivity contribution is 0.247. The first kappa shape index (κ1) is 12.2. The van der Waals surface area contributed by atoms with E-state index >= 15 is 0 Å². The van der Waals surface area contributed by atoms with Gasteiger partial charge in [-0.15, -0.1) is 22.9 Å². The average molecular weight is 279 g/mol. The van der Waals surface area contributed by atoms with Gasteiger partial charge in [0.1, 0.15) is 5.01 Å². The van der Waals surface area contributed by atoms with Crippen molar-refractivity contribution in [2.24, 2.45) is 0 Å². The van der Waals surface area contributed by atoms with Crippen LogP contribution in [0.4, 0.5) is 0 Å². The number of hydrogen-bond acceptors (Lipinski definition) is 3. The summed E-state index contributed by atoms with van der Waals surface area (Å²) < 4.78 is 0.